The summed E-state index contributed by atoms with van der Waals surface area (Å²) < 4.78 is 15.4. The fourth-order valence-electron chi connectivity index (χ4n) is 3.69. The van der Waals surface area contributed by atoms with E-state index in [0.29, 0.717) is 12.5 Å². The van der Waals surface area contributed by atoms with Gasteiger partial charge >= 0.3 is 0 Å². The SMILES string of the molecule is O=C1CC(c2ccc(F)c(Cl)c2)c2cnn(C3CCCC3)c2N1. The van der Waals surface area contributed by atoms with E-state index in [4.69, 9.17) is 11.6 Å². The highest BCUT2D eigenvalue weighted by atomic mass is 35.5. The van der Waals surface area contributed by atoms with Gasteiger partial charge in [0.1, 0.15) is 11.6 Å². The van der Waals surface area contributed by atoms with Crippen molar-refractivity contribution < 1.29 is 9.18 Å². The number of hydrogen-bond donors (Lipinski definition) is 1. The van der Waals surface area contributed by atoms with Gasteiger partial charge in [0, 0.05) is 17.9 Å². The molecule has 1 saturated carbocycles. The minimum Gasteiger partial charge on any atom is -0.311 e. The van der Waals surface area contributed by atoms with Crippen LogP contribution in [0.1, 0.15) is 55.2 Å². The molecule has 4 rings (SSSR count). The third kappa shape index (κ3) is 2.53. The Morgan fingerprint density at radius 1 is 1.30 bits per heavy atom. The molecule has 1 aliphatic carbocycles. The fourth-order valence-corrected chi connectivity index (χ4v) is 3.88. The maximum absolute atomic E-state index is 13.4. The van der Waals surface area contributed by atoms with Crippen molar-refractivity contribution in [3.63, 3.8) is 0 Å². The van der Waals surface area contributed by atoms with Gasteiger partial charge in [0.15, 0.2) is 0 Å². The summed E-state index contributed by atoms with van der Waals surface area (Å²) in [5, 5.41) is 7.57. The summed E-state index contributed by atoms with van der Waals surface area (Å²) in [4.78, 5) is 12.2. The van der Waals surface area contributed by atoms with Crippen LogP contribution in [0.4, 0.5) is 10.2 Å². The van der Waals surface area contributed by atoms with Gasteiger partial charge in [-0.25, -0.2) is 9.07 Å². The van der Waals surface area contributed by atoms with Gasteiger partial charge in [0.05, 0.1) is 17.3 Å². The van der Waals surface area contributed by atoms with Crippen molar-refractivity contribution in [3.05, 3.63) is 46.4 Å². The number of hydrogen-bond acceptors (Lipinski definition) is 2. The van der Waals surface area contributed by atoms with Crippen molar-refractivity contribution in [3.8, 4) is 0 Å². The van der Waals surface area contributed by atoms with E-state index >= 15 is 0 Å². The molecule has 1 fully saturated rings. The number of nitrogens with zero attached hydrogens (tertiary/aromatic N) is 2. The summed E-state index contributed by atoms with van der Waals surface area (Å²) in [6.07, 6.45) is 6.74. The summed E-state index contributed by atoms with van der Waals surface area (Å²) in [5.41, 5.74) is 1.83. The average Bonchev–Trinajstić information content (AvgIpc) is 3.17. The van der Waals surface area contributed by atoms with E-state index in [1.165, 1.54) is 18.9 Å². The zero-order chi connectivity index (χ0) is 16.0. The summed E-state index contributed by atoms with van der Waals surface area (Å²) in [7, 11) is 0. The minimum atomic E-state index is -0.447. The van der Waals surface area contributed by atoms with E-state index in [1.807, 2.05) is 10.9 Å². The van der Waals surface area contributed by atoms with Crippen LogP contribution in [0.3, 0.4) is 0 Å². The Hall–Kier alpha value is -1.88. The van der Waals surface area contributed by atoms with E-state index in [9.17, 15) is 9.18 Å². The van der Waals surface area contributed by atoms with Gasteiger partial charge in [-0.15, -0.1) is 0 Å². The zero-order valence-electron chi connectivity index (χ0n) is 12.6. The van der Waals surface area contributed by atoms with Crippen molar-refractivity contribution in [2.24, 2.45) is 0 Å². The summed E-state index contributed by atoms with van der Waals surface area (Å²) >= 11 is 5.91. The first kappa shape index (κ1) is 14.7. The third-order valence-electron chi connectivity index (χ3n) is 4.86. The Morgan fingerprint density at radius 3 is 2.83 bits per heavy atom. The number of benzene rings is 1. The van der Waals surface area contributed by atoms with Crippen molar-refractivity contribution >= 4 is 23.3 Å². The third-order valence-corrected chi connectivity index (χ3v) is 5.15. The van der Waals surface area contributed by atoms with Gasteiger partial charge in [0.2, 0.25) is 5.91 Å². The molecular weight excluding hydrogens is 317 g/mol. The molecule has 6 heteroatoms. The topological polar surface area (TPSA) is 46.9 Å². The Bertz CT molecular complexity index is 767. The van der Waals surface area contributed by atoms with Gasteiger partial charge < -0.3 is 5.32 Å². The van der Waals surface area contributed by atoms with Crippen LogP contribution >= 0.6 is 11.6 Å². The second-order valence-electron chi connectivity index (χ2n) is 6.31. The van der Waals surface area contributed by atoms with Crippen molar-refractivity contribution in [1.82, 2.24) is 9.78 Å². The Balaban J connectivity index is 1.76. The lowest BCUT2D eigenvalue weighted by Crippen LogP contribution is -2.25. The van der Waals surface area contributed by atoms with Crippen LogP contribution in [0.15, 0.2) is 24.4 Å². The van der Waals surface area contributed by atoms with Crippen LogP contribution in [0.25, 0.3) is 0 Å². The van der Waals surface area contributed by atoms with E-state index in [1.54, 1.807) is 12.1 Å². The minimum absolute atomic E-state index is 0.0392. The van der Waals surface area contributed by atoms with Gasteiger partial charge in [-0.1, -0.05) is 30.5 Å². The van der Waals surface area contributed by atoms with E-state index < -0.39 is 5.82 Å². The number of amides is 1. The Morgan fingerprint density at radius 2 is 2.09 bits per heavy atom. The van der Waals surface area contributed by atoms with Crippen LogP contribution < -0.4 is 5.32 Å². The molecule has 0 radical (unpaired) electrons. The number of rotatable bonds is 2. The number of halogens is 2. The molecule has 0 spiro atoms. The van der Waals surface area contributed by atoms with E-state index in [2.05, 4.69) is 10.4 Å². The van der Waals surface area contributed by atoms with Crippen LogP contribution in [-0.2, 0) is 4.79 Å². The number of carbonyl (C=O) groups is 1. The average molecular weight is 334 g/mol. The number of carbonyl (C=O) groups excluding carboxylic acids is 1. The fraction of sp³-hybridized carbons (Fsp3) is 0.412. The largest absolute Gasteiger partial charge is 0.311 e. The molecule has 1 aliphatic heterocycles. The number of aromatic nitrogens is 2. The molecule has 0 bridgehead atoms. The Kier molecular flexibility index (Phi) is 3.60. The highest BCUT2D eigenvalue weighted by Crippen LogP contribution is 2.41. The highest BCUT2D eigenvalue weighted by Gasteiger charge is 2.32. The number of anilines is 1. The van der Waals surface area contributed by atoms with E-state index in [-0.39, 0.29) is 16.8 Å². The van der Waals surface area contributed by atoms with Crippen LogP contribution in [0.5, 0.6) is 0 Å². The molecule has 4 nitrogen and oxygen atoms in total. The second kappa shape index (κ2) is 5.64. The molecule has 1 amide bonds. The first-order valence-electron chi connectivity index (χ1n) is 7.95. The summed E-state index contributed by atoms with van der Waals surface area (Å²) in [6.45, 7) is 0. The standard InChI is InChI=1S/C17H17ClFN3O/c18-14-7-10(5-6-15(14)19)12-8-16(23)21-17-13(12)9-20-22(17)11-3-1-2-4-11/h5-7,9,11-12H,1-4,8H2,(H,21,23). The Labute approximate surface area is 138 Å². The zero-order valence-corrected chi connectivity index (χ0v) is 13.3. The molecule has 2 heterocycles. The lowest BCUT2D eigenvalue weighted by molar-refractivity contribution is -0.116. The molecule has 1 unspecified atom stereocenters. The predicted molar refractivity (Wildman–Crippen MR) is 86.2 cm³/mol. The van der Waals surface area contributed by atoms with Gasteiger partial charge in [0.25, 0.3) is 0 Å². The highest BCUT2D eigenvalue weighted by molar-refractivity contribution is 6.30. The lowest BCUT2D eigenvalue weighted by Gasteiger charge is -2.25. The van der Waals surface area contributed by atoms with Crippen LogP contribution in [0.2, 0.25) is 5.02 Å². The summed E-state index contributed by atoms with van der Waals surface area (Å²) in [6, 6.07) is 5.01. The van der Waals surface area contributed by atoms with Gasteiger partial charge in [-0.05, 0) is 30.5 Å². The van der Waals surface area contributed by atoms with Crippen molar-refractivity contribution in [1.29, 1.82) is 0 Å². The van der Waals surface area contributed by atoms with Crippen molar-refractivity contribution in [2.75, 3.05) is 5.32 Å². The molecule has 1 aromatic carbocycles. The van der Waals surface area contributed by atoms with E-state index in [0.717, 1.165) is 29.8 Å². The molecule has 2 aromatic rings. The van der Waals surface area contributed by atoms with Gasteiger partial charge in [-0.3, -0.25) is 4.79 Å². The second-order valence-corrected chi connectivity index (χ2v) is 6.72. The maximum Gasteiger partial charge on any atom is 0.226 e. The first-order valence-corrected chi connectivity index (χ1v) is 8.33. The molecule has 0 saturated heterocycles. The molecule has 2 aliphatic rings. The molecule has 1 N–H and O–H groups in total. The monoisotopic (exact) mass is 333 g/mol. The number of nitrogens with one attached hydrogen (secondary N) is 1. The molecule has 120 valence electrons. The maximum atomic E-state index is 13.4. The van der Waals surface area contributed by atoms with Gasteiger partial charge in [-0.2, -0.15) is 5.10 Å². The summed E-state index contributed by atoms with van der Waals surface area (Å²) in [5.74, 6) is 0.172. The predicted octanol–water partition coefficient (Wildman–Crippen LogP) is 4.26. The van der Waals surface area contributed by atoms with Crippen molar-refractivity contribution in [2.45, 2.75) is 44.1 Å². The normalized spacial score (nSPS) is 21.3. The smallest absolute Gasteiger partial charge is 0.226 e. The van der Waals surface area contributed by atoms with Crippen LogP contribution in [0, 0.1) is 5.82 Å². The molecule has 23 heavy (non-hydrogen) atoms. The quantitative estimate of drug-likeness (QED) is 0.892. The number of fused-ring (bicyclic) bond motifs is 1. The molecular formula is C17H17ClFN3O. The van der Waals surface area contributed by atoms with Crippen LogP contribution in [-0.4, -0.2) is 15.7 Å². The lowest BCUT2D eigenvalue weighted by atomic mass is 9.87. The molecule has 1 aromatic heterocycles. The first-order chi connectivity index (χ1) is 11.1. The molecule has 1 atom stereocenters.